The Morgan fingerprint density at radius 2 is 1.76 bits per heavy atom. The van der Waals surface area contributed by atoms with Gasteiger partial charge in [-0.3, -0.25) is 4.79 Å². The fourth-order valence-electron chi connectivity index (χ4n) is 4.08. The third-order valence-corrected chi connectivity index (χ3v) is 5.69. The Morgan fingerprint density at radius 1 is 1.09 bits per heavy atom. The Labute approximate surface area is 207 Å². The van der Waals surface area contributed by atoms with Gasteiger partial charge in [0.2, 0.25) is 11.5 Å². The average molecular weight is 495 g/mol. The molecule has 0 saturated carbocycles. The second-order valence-corrected chi connectivity index (χ2v) is 7.82. The van der Waals surface area contributed by atoms with Gasteiger partial charge in [-0.15, -0.1) is 12.4 Å². The molecule has 0 spiro atoms. The molecule has 8 nitrogen and oxygen atoms in total. The minimum Gasteiger partial charge on any atom is -0.492 e. The van der Waals surface area contributed by atoms with Crippen LogP contribution in [0.2, 0.25) is 0 Å². The molecule has 9 heteroatoms. The van der Waals surface area contributed by atoms with Crippen LogP contribution in [-0.4, -0.2) is 64.5 Å². The molecule has 34 heavy (non-hydrogen) atoms. The average Bonchev–Trinajstić information content (AvgIpc) is 2.84. The van der Waals surface area contributed by atoms with Gasteiger partial charge in [-0.1, -0.05) is 25.5 Å². The Hall–Kier alpha value is -2.68. The molecule has 1 heterocycles. The van der Waals surface area contributed by atoms with E-state index in [4.69, 9.17) is 29.4 Å². The largest absolute Gasteiger partial charge is 0.492 e. The first-order valence-corrected chi connectivity index (χ1v) is 11.3. The highest BCUT2D eigenvalue weighted by molar-refractivity contribution is 5.99. The fourth-order valence-corrected chi connectivity index (χ4v) is 4.08. The molecule has 1 saturated heterocycles. The molecule has 2 N–H and O–H groups in total. The molecular formula is C25H35ClN2O6. The predicted octanol–water partition coefficient (Wildman–Crippen LogP) is 4.07. The number of nitrogens with two attached hydrogens (primary N) is 1. The van der Waals surface area contributed by atoms with Gasteiger partial charge >= 0.3 is 0 Å². The third-order valence-electron chi connectivity index (χ3n) is 5.69. The van der Waals surface area contributed by atoms with Crippen LogP contribution in [0.15, 0.2) is 30.3 Å². The topological polar surface area (TPSA) is 92.5 Å². The molecule has 1 amide bonds. The smallest absolute Gasteiger partial charge is 0.258 e. The Bertz CT molecular complexity index is 936. The van der Waals surface area contributed by atoms with E-state index < -0.39 is 0 Å². The van der Waals surface area contributed by atoms with E-state index in [1.54, 1.807) is 6.07 Å². The van der Waals surface area contributed by atoms with Crippen molar-refractivity contribution in [3.05, 3.63) is 41.5 Å². The number of hydrogen-bond donors (Lipinski definition) is 1. The second-order valence-electron chi connectivity index (χ2n) is 7.82. The normalized spacial score (nSPS) is 15.3. The summed E-state index contributed by atoms with van der Waals surface area (Å²) in [6.45, 7) is 4.21. The number of amides is 1. The molecule has 188 valence electrons. The molecule has 0 radical (unpaired) electrons. The summed E-state index contributed by atoms with van der Waals surface area (Å²) in [6, 6.07) is 9.32. The quantitative estimate of drug-likeness (QED) is 0.532. The van der Waals surface area contributed by atoms with Crippen LogP contribution in [0.5, 0.6) is 28.7 Å². The van der Waals surface area contributed by atoms with Crippen LogP contribution in [0, 0.1) is 0 Å². The van der Waals surface area contributed by atoms with Gasteiger partial charge in [0.25, 0.3) is 5.91 Å². The standard InChI is InChI=1S/C25H34N2O6.ClH/c1-5-6-18-16-32-14-13-27(18)25(28)20-15-21(23(30-3)24(31-4)22(20)29-2)33-19-9-7-17(8-10-19)11-12-26;/h7-10,15,18H,5-6,11-14,16,26H2,1-4H3;1H. The van der Waals surface area contributed by atoms with Gasteiger partial charge in [-0.25, -0.2) is 0 Å². The van der Waals surface area contributed by atoms with Crippen molar-refractivity contribution in [2.45, 2.75) is 32.2 Å². The van der Waals surface area contributed by atoms with Gasteiger partial charge in [-0.05, 0) is 37.1 Å². The van der Waals surface area contributed by atoms with E-state index in [1.165, 1.54) is 21.3 Å². The van der Waals surface area contributed by atoms with Crippen molar-refractivity contribution in [3.63, 3.8) is 0 Å². The maximum atomic E-state index is 13.7. The van der Waals surface area contributed by atoms with Crippen LogP contribution in [0.4, 0.5) is 0 Å². The van der Waals surface area contributed by atoms with E-state index in [2.05, 4.69) is 6.92 Å². The van der Waals surface area contributed by atoms with Gasteiger partial charge in [0.1, 0.15) is 5.75 Å². The Morgan fingerprint density at radius 3 is 2.35 bits per heavy atom. The zero-order valence-corrected chi connectivity index (χ0v) is 21.1. The second kappa shape index (κ2) is 13.3. The Kier molecular flexibility index (Phi) is 10.8. The van der Waals surface area contributed by atoms with Gasteiger partial charge in [-0.2, -0.15) is 0 Å². The number of carbonyl (C=O) groups is 1. The van der Waals surface area contributed by atoms with E-state index in [9.17, 15) is 4.79 Å². The first kappa shape index (κ1) is 27.6. The lowest BCUT2D eigenvalue weighted by molar-refractivity contribution is -0.00451. The maximum Gasteiger partial charge on any atom is 0.258 e. The number of morpholine rings is 1. The number of benzene rings is 2. The third kappa shape index (κ3) is 6.05. The van der Waals surface area contributed by atoms with Crippen LogP contribution >= 0.6 is 12.4 Å². The monoisotopic (exact) mass is 494 g/mol. The number of hydrogen-bond acceptors (Lipinski definition) is 7. The van der Waals surface area contributed by atoms with Crippen LogP contribution in [0.3, 0.4) is 0 Å². The molecule has 2 aromatic rings. The molecule has 2 aromatic carbocycles. The van der Waals surface area contributed by atoms with Crippen LogP contribution in [0.25, 0.3) is 0 Å². The molecule has 0 bridgehead atoms. The number of nitrogens with zero attached hydrogens (tertiary/aromatic N) is 1. The minimum atomic E-state index is -0.155. The zero-order chi connectivity index (χ0) is 23.8. The van der Waals surface area contributed by atoms with Crippen LogP contribution in [0.1, 0.15) is 35.7 Å². The van der Waals surface area contributed by atoms with Gasteiger partial charge in [0, 0.05) is 12.6 Å². The number of rotatable bonds is 10. The number of ether oxygens (including phenoxy) is 5. The number of methoxy groups -OCH3 is 3. The van der Waals surface area contributed by atoms with Crippen molar-refractivity contribution in [2.75, 3.05) is 47.6 Å². The highest BCUT2D eigenvalue weighted by Crippen LogP contribution is 2.48. The summed E-state index contributed by atoms with van der Waals surface area (Å²) in [6.07, 6.45) is 2.60. The summed E-state index contributed by atoms with van der Waals surface area (Å²) in [5, 5.41) is 0. The highest BCUT2D eigenvalue weighted by atomic mass is 35.5. The SMILES string of the molecule is CCCC1COCCN1C(=O)c1cc(Oc2ccc(CCN)cc2)c(OC)c(OC)c1OC.Cl. The van der Waals surface area contributed by atoms with E-state index >= 15 is 0 Å². The Balaban J connectivity index is 0.00000408. The summed E-state index contributed by atoms with van der Waals surface area (Å²) in [5.41, 5.74) is 7.11. The van der Waals surface area contributed by atoms with E-state index in [0.29, 0.717) is 60.6 Å². The molecule has 1 aliphatic heterocycles. The lowest BCUT2D eigenvalue weighted by Gasteiger charge is -2.36. The van der Waals surface area contributed by atoms with Crippen molar-refractivity contribution >= 4 is 18.3 Å². The fraction of sp³-hybridized carbons (Fsp3) is 0.480. The first-order chi connectivity index (χ1) is 16.1. The van der Waals surface area contributed by atoms with Crippen molar-refractivity contribution < 1.29 is 28.5 Å². The van der Waals surface area contributed by atoms with Crippen molar-refractivity contribution in [3.8, 4) is 28.7 Å². The summed E-state index contributed by atoms with van der Waals surface area (Å²) < 4.78 is 28.6. The van der Waals surface area contributed by atoms with Crippen molar-refractivity contribution in [2.24, 2.45) is 5.73 Å². The summed E-state index contributed by atoms with van der Waals surface area (Å²) in [5.74, 6) is 1.79. The molecular weight excluding hydrogens is 460 g/mol. The maximum absolute atomic E-state index is 13.7. The molecule has 0 aromatic heterocycles. The summed E-state index contributed by atoms with van der Waals surface area (Å²) >= 11 is 0. The lowest BCUT2D eigenvalue weighted by Crippen LogP contribution is -2.48. The molecule has 1 fully saturated rings. The predicted molar refractivity (Wildman–Crippen MR) is 133 cm³/mol. The molecule has 3 rings (SSSR count). The van der Waals surface area contributed by atoms with Crippen LogP contribution in [-0.2, 0) is 11.2 Å². The molecule has 0 aliphatic carbocycles. The first-order valence-electron chi connectivity index (χ1n) is 11.3. The summed E-state index contributed by atoms with van der Waals surface area (Å²) in [4.78, 5) is 15.5. The minimum absolute atomic E-state index is 0. The van der Waals surface area contributed by atoms with Crippen molar-refractivity contribution in [1.82, 2.24) is 4.90 Å². The van der Waals surface area contributed by atoms with Gasteiger partial charge in [0.15, 0.2) is 11.5 Å². The molecule has 1 unspecified atom stereocenters. The van der Waals surface area contributed by atoms with Gasteiger partial charge < -0.3 is 34.3 Å². The number of carbonyl (C=O) groups excluding carboxylic acids is 1. The summed E-state index contributed by atoms with van der Waals surface area (Å²) in [7, 11) is 4.54. The molecule has 1 atom stereocenters. The van der Waals surface area contributed by atoms with E-state index in [1.807, 2.05) is 29.2 Å². The van der Waals surface area contributed by atoms with Crippen molar-refractivity contribution in [1.29, 1.82) is 0 Å². The highest BCUT2D eigenvalue weighted by Gasteiger charge is 2.33. The van der Waals surface area contributed by atoms with Crippen LogP contribution < -0.4 is 24.7 Å². The lowest BCUT2D eigenvalue weighted by atomic mass is 10.1. The van der Waals surface area contributed by atoms with Gasteiger partial charge in [0.05, 0.1) is 46.1 Å². The van der Waals surface area contributed by atoms with E-state index in [0.717, 1.165) is 24.8 Å². The van der Waals surface area contributed by atoms with E-state index in [-0.39, 0.29) is 24.4 Å². The zero-order valence-electron chi connectivity index (χ0n) is 20.3. The molecule has 1 aliphatic rings. The number of halogens is 1.